The summed E-state index contributed by atoms with van der Waals surface area (Å²) >= 11 is 0. The lowest BCUT2D eigenvalue weighted by atomic mass is 10.4. The largest absolute Gasteiger partial charge is 0.383 e. The predicted octanol–water partition coefficient (Wildman–Crippen LogP) is -0.0166. The highest BCUT2D eigenvalue weighted by molar-refractivity contribution is 5.46. The Balaban J connectivity index is 2.70. The lowest BCUT2D eigenvalue weighted by molar-refractivity contribution is 0.183. The van der Waals surface area contributed by atoms with Gasteiger partial charge in [0, 0.05) is 13.3 Å². The average molecular weight is 166 g/mol. The van der Waals surface area contributed by atoms with Crippen molar-refractivity contribution in [2.45, 2.75) is 6.54 Å². The van der Waals surface area contributed by atoms with Crippen LogP contribution in [0.25, 0.3) is 0 Å². The lowest BCUT2D eigenvalue weighted by Crippen LogP contribution is -2.04. The number of nitriles is 1. The van der Waals surface area contributed by atoms with Crippen LogP contribution in [0.5, 0.6) is 0 Å². The fourth-order valence-electron chi connectivity index (χ4n) is 0.822. The normalized spacial score (nSPS) is 9.67. The highest BCUT2D eigenvalue weighted by atomic mass is 16.5. The van der Waals surface area contributed by atoms with Crippen LogP contribution in [0.3, 0.4) is 0 Å². The Hall–Kier alpha value is -1.54. The fourth-order valence-corrected chi connectivity index (χ4v) is 0.822. The average Bonchev–Trinajstić information content (AvgIpc) is 2.43. The molecule has 0 bridgehead atoms. The highest BCUT2D eigenvalue weighted by Gasteiger charge is 2.02. The second-order valence-electron chi connectivity index (χ2n) is 2.30. The third-order valence-corrected chi connectivity index (χ3v) is 1.44. The summed E-state index contributed by atoms with van der Waals surface area (Å²) in [5.41, 5.74) is 5.84. The Morgan fingerprint density at radius 1 is 1.83 bits per heavy atom. The summed E-state index contributed by atoms with van der Waals surface area (Å²) < 4.78 is 6.44. The number of aromatic nitrogens is 2. The van der Waals surface area contributed by atoms with Gasteiger partial charge in [0.05, 0.1) is 13.2 Å². The molecule has 1 rings (SSSR count). The van der Waals surface area contributed by atoms with Crippen LogP contribution in [0.4, 0.5) is 5.82 Å². The van der Waals surface area contributed by atoms with Gasteiger partial charge in [0.15, 0.2) is 5.82 Å². The number of nitrogen functional groups attached to an aromatic ring is 1. The molecular weight excluding hydrogens is 156 g/mol. The number of ether oxygens (including phenoxy) is 1. The molecule has 0 saturated carbocycles. The van der Waals surface area contributed by atoms with E-state index in [-0.39, 0.29) is 5.82 Å². The molecule has 12 heavy (non-hydrogen) atoms. The zero-order chi connectivity index (χ0) is 8.97. The summed E-state index contributed by atoms with van der Waals surface area (Å²) in [5, 5.41) is 12.5. The Morgan fingerprint density at radius 2 is 2.58 bits per heavy atom. The van der Waals surface area contributed by atoms with Crippen molar-refractivity contribution in [2.24, 2.45) is 0 Å². The minimum absolute atomic E-state index is 0.272. The number of methoxy groups -OCH3 is 1. The summed E-state index contributed by atoms with van der Waals surface area (Å²) in [6, 6.07) is 1.94. The molecule has 1 aromatic heterocycles. The van der Waals surface area contributed by atoms with Gasteiger partial charge >= 0.3 is 0 Å². The summed E-state index contributed by atoms with van der Waals surface area (Å²) in [4.78, 5) is 0. The van der Waals surface area contributed by atoms with Crippen LogP contribution in [-0.4, -0.2) is 23.5 Å². The van der Waals surface area contributed by atoms with Gasteiger partial charge in [0.25, 0.3) is 0 Å². The molecule has 0 saturated heterocycles. The van der Waals surface area contributed by atoms with Crippen molar-refractivity contribution in [1.82, 2.24) is 9.78 Å². The molecule has 0 atom stereocenters. The maximum atomic E-state index is 8.54. The van der Waals surface area contributed by atoms with Crippen LogP contribution in [0.1, 0.15) is 5.56 Å². The standard InChI is InChI=1S/C7H10N4O/c1-12-3-2-11-5-6(4-8)7(9)10-11/h5H,2-3H2,1H3,(H2,9,10). The minimum Gasteiger partial charge on any atom is -0.383 e. The Bertz CT molecular complexity index is 299. The number of hydrogen-bond donors (Lipinski definition) is 1. The van der Waals surface area contributed by atoms with E-state index in [0.717, 1.165) is 0 Å². The Kier molecular flexibility index (Phi) is 2.66. The van der Waals surface area contributed by atoms with Crippen molar-refractivity contribution in [3.05, 3.63) is 11.8 Å². The zero-order valence-corrected chi connectivity index (χ0v) is 6.82. The molecule has 0 aliphatic rings. The molecule has 0 aromatic carbocycles. The number of anilines is 1. The number of nitrogens with zero attached hydrogens (tertiary/aromatic N) is 3. The van der Waals surface area contributed by atoms with Gasteiger partial charge in [0.1, 0.15) is 11.6 Å². The highest BCUT2D eigenvalue weighted by Crippen LogP contribution is 2.05. The number of hydrogen-bond acceptors (Lipinski definition) is 4. The molecule has 0 aliphatic carbocycles. The smallest absolute Gasteiger partial charge is 0.163 e. The Labute approximate surface area is 70.3 Å². The summed E-state index contributed by atoms with van der Waals surface area (Å²) in [7, 11) is 1.61. The molecule has 64 valence electrons. The summed E-state index contributed by atoms with van der Waals surface area (Å²) in [6.45, 7) is 1.17. The van der Waals surface area contributed by atoms with Crippen molar-refractivity contribution >= 4 is 5.82 Å². The molecule has 0 aliphatic heterocycles. The van der Waals surface area contributed by atoms with E-state index in [1.54, 1.807) is 18.0 Å². The van der Waals surface area contributed by atoms with E-state index in [0.29, 0.717) is 18.7 Å². The SMILES string of the molecule is COCCn1cc(C#N)c(N)n1. The van der Waals surface area contributed by atoms with Crippen molar-refractivity contribution in [3.8, 4) is 6.07 Å². The van der Waals surface area contributed by atoms with Crippen molar-refractivity contribution in [3.63, 3.8) is 0 Å². The summed E-state index contributed by atoms with van der Waals surface area (Å²) in [6.07, 6.45) is 1.61. The molecule has 5 heteroatoms. The molecule has 1 heterocycles. The fraction of sp³-hybridized carbons (Fsp3) is 0.429. The predicted molar refractivity (Wildman–Crippen MR) is 43.2 cm³/mol. The molecule has 0 radical (unpaired) electrons. The second-order valence-corrected chi connectivity index (χ2v) is 2.30. The zero-order valence-electron chi connectivity index (χ0n) is 6.82. The van der Waals surface area contributed by atoms with Gasteiger partial charge in [-0.05, 0) is 0 Å². The quantitative estimate of drug-likeness (QED) is 0.684. The first kappa shape index (κ1) is 8.56. The van der Waals surface area contributed by atoms with Gasteiger partial charge in [-0.2, -0.15) is 10.4 Å². The van der Waals surface area contributed by atoms with Crippen LogP contribution in [-0.2, 0) is 11.3 Å². The maximum Gasteiger partial charge on any atom is 0.163 e. The first-order valence-corrected chi connectivity index (χ1v) is 3.50. The van der Waals surface area contributed by atoms with Crippen molar-refractivity contribution in [2.75, 3.05) is 19.5 Å². The molecule has 0 fully saturated rings. The third kappa shape index (κ3) is 1.74. The number of rotatable bonds is 3. The first-order chi connectivity index (χ1) is 5.77. The van der Waals surface area contributed by atoms with Crippen LogP contribution < -0.4 is 5.73 Å². The van der Waals surface area contributed by atoms with Gasteiger partial charge in [0.2, 0.25) is 0 Å². The van der Waals surface area contributed by atoms with E-state index in [1.165, 1.54) is 0 Å². The topological polar surface area (TPSA) is 76.9 Å². The molecular formula is C7H10N4O. The molecule has 1 aromatic rings. The van der Waals surface area contributed by atoms with Crippen molar-refractivity contribution in [1.29, 1.82) is 5.26 Å². The van der Waals surface area contributed by atoms with E-state index in [9.17, 15) is 0 Å². The minimum atomic E-state index is 0.272. The monoisotopic (exact) mass is 166 g/mol. The third-order valence-electron chi connectivity index (χ3n) is 1.44. The molecule has 5 nitrogen and oxygen atoms in total. The van der Waals surface area contributed by atoms with Crippen LogP contribution in [0.2, 0.25) is 0 Å². The van der Waals surface area contributed by atoms with Crippen molar-refractivity contribution < 1.29 is 4.74 Å². The van der Waals surface area contributed by atoms with E-state index in [2.05, 4.69) is 5.10 Å². The summed E-state index contributed by atoms with van der Waals surface area (Å²) in [5.74, 6) is 0.272. The van der Waals surface area contributed by atoms with Gasteiger partial charge in [-0.1, -0.05) is 0 Å². The van der Waals surface area contributed by atoms with Gasteiger partial charge in [-0.25, -0.2) is 0 Å². The van der Waals surface area contributed by atoms with Gasteiger partial charge < -0.3 is 10.5 Å². The lowest BCUT2D eigenvalue weighted by Gasteiger charge is -1.97. The number of nitrogens with two attached hydrogens (primary N) is 1. The molecule has 2 N–H and O–H groups in total. The van der Waals surface area contributed by atoms with E-state index in [1.807, 2.05) is 6.07 Å². The molecule has 0 amide bonds. The van der Waals surface area contributed by atoms with Crippen LogP contribution in [0.15, 0.2) is 6.20 Å². The van der Waals surface area contributed by atoms with Gasteiger partial charge in [-0.3, -0.25) is 4.68 Å². The van der Waals surface area contributed by atoms with E-state index < -0.39 is 0 Å². The first-order valence-electron chi connectivity index (χ1n) is 3.50. The van der Waals surface area contributed by atoms with E-state index >= 15 is 0 Å². The van der Waals surface area contributed by atoms with Crippen LogP contribution >= 0.6 is 0 Å². The molecule has 0 unspecified atom stereocenters. The second kappa shape index (κ2) is 3.74. The maximum absolute atomic E-state index is 8.54. The van der Waals surface area contributed by atoms with Crippen LogP contribution in [0, 0.1) is 11.3 Å². The Morgan fingerprint density at radius 3 is 3.08 bits per heavy atom. The van der Waals surface area contributed by atoms with E-state index in [4.69, 9.17) is 15.7 Å². The van der Waals surface area contributed by atoms with Gasteiger partial charge in [-0.15, -0.1) is 0 Å². The molecule has 0 spiro atoms.